The quantitative estimate of drug-likeness (QED) is 0.921. The van der Waals surface area contributed by atoms with E-state index in [1.165, 1.54) is 0 Å². The summed E-state index contributed by atoms with van der Waals surface area (Å²) in [5.41, 5.74) is 4.20. The van der Waals surface area contributed by atoms with E-state index in [4.69, 9.17) is 11.6 Å². The molecule has 0 aliphatic carbocycles. The number of nitrogens with one attached hydrogen (secondary N) is 1. The topological polar surface area (TPSA) is 42.7 Å². The number of likely N-dealkylation sites (N-methyl/N-ethyl adjacent to an activating group) is 1. The van der Waals surface area contributed by atoms with Crippen LogP contribution in [0, 0.1) is 6.92 Å². The van der Waals surface area contributed by atoms with Gasteiger partial charge in [-0.3, -0.25) is 9.67 Å². The van der Waals surface area contributed by atoms with Gasteiger partial charge >= 0.3 is 0 Å². The Balaban J connectivity index is 2.26. The zero-order valence-corrected chi connectivity index (χ0v) is 13.2. The number of aromatic nitrogens is 3. The van der Waals surface area contributed by atoms with Gasteiger partial charge in [0.25, 0.3) is 0 Å². The fourth-order valence-electron chi connectivity index (χ4n) is 2.31. The summed E-state index contributed by atoms with van der Waals surface area (Å²) in [4.78, 5) is 4.36. The molecule has 0 aliphatic heterocycles. The Labute approximate surface area is 125 Å². The minimum Gasteiger partial charge on any atom is -0.313 e. The van der Waals surface area contributed by atoms with Crippen LogP contribution in [0.2, 0.25) is 5.02 Å². The van der Waals surface area contributed by atoms with Gasteiger partial charge in [-0.25, -0.2) is 0 Å². The maximum atomic E-state index is 6.42. The Bertz CT molecular complexity index is 574. The van der Waals surface area contributed by atoms with Gasteiger partial charge in [-0.2, -0.15) is 5.10 Å². The highest BCUT2D eigenvalue weighted by molar-refractivity contribution is 6.31. The molecule has 0 saturated carbocycles. The van der Waals surface area contributed by atoms with Crippen LogP contribution in [0.3, 0.4) is 0 Å². The Kier molecular flexibility index (Phi) is 4.78. The van der Waals surface area contributed by atoms with Crippen molar-refractivity contribution < 1.29 is 0 Å². The second-order valence-electron chi connectivity index (χ2n) is 4.96. The van der Waals surface area contributed by atoms with E-state index in [0.717, 1.165) is 40.5 Å². The number of aryl methyl sites for hydroxylation is 3. The molecule has 108 valence electrons. The average Bonchev–Trinajstić information content (AvgIpc) is 2.72. The molecule has 2 heterocycles. The molecule has 20 heavy (non-hydrogen) atoms. The summed E-state index contributed by atoms with van der Waals surface area (Å²) in [6, 6.07) is 4.32. The van der Waals surface area contributed by atoms with E-state index in [9.17, 15) is 0 Å². The lowest BCUT2D eigenvalue weighted by Gasteiger charge is -2.17. The number of halogens is 1. The summed E-state index contributed by atoms with van der Waals surface area (Å²) in [7, 11) is 3.90. The minimum atomic E-state index is 0.181. The average molecular weight is 293 g/mol. The van der Waals surface area contributed by atoms with E-state index in [1.807, 2.05) is 38.0 Å². The highest BCUT2D eigenvalue weighted by Crippen LogP contribution is 2.26. The van der Waals surface area contributed by atoms with Gasteiger partial charge in [0.2, 0.25) is 0 Å². The molecule has 0 fully saturated rings. The molecular weight excluding hydrogens is 272 g/mol. The van der Waals surface area contributed by atoms with Crippen molar-refractivity contribution in [1.82, 2.24) is 20.1 Å². The van der Waals surface area contributed by atoms with Crippen LogP contribution in [-0.2, 0) is 19.9 Å². The molecule has 1 unspecified atom stereocenters. The molecule has 1 N–H and O–H groups in total. The van der Waals surface area contributed by atoms with Crippen molar-refractivity contribution in [3.05, 3.63) is 46.0 Å². The van der Waals surface area contributed by atoms with Gasteiger partial charge in [0.05, 0.1) is 16.4 Å². The summed E-state index contributed by atoms with van der Waals surface area (Å²) in [6.07, 6.45) is 3.56. The lowest BCUT2D eigenvalue weighted by Crippen LogP contribution is -2.20. The number of pyridine rings is 1. The lowest BCUT2D eigenvalue weighted by molar-refractivity contribution is 0.559. The molecular formula is C15H21ClN4. The summed E-state index contributed by atoms with van der Waals surface area (Å²) in [6.45, 7) is 4.06. The number of rotatable bonds is 5. The van der Waals surface area contributed by atoms with Crippen molar-refractivity contribution in [3.8, 4) is 0 Å². The Hall–Kier alpha value is -1.39. The number of hydrogen-bond acceptors (Lipinski definition) is 3. The molecule has 2 rings (SSSR count). The standard InChI is InChI=1S/C15H21ClN4/c1-5-12-15(16)14(20(4)19-12)8-13(17-3)11-7-6-10(2)18-9-11/h6-7,9,13,17H,5,8H2,1-4H3. The minimum absolute atomic E-state index is 0.181. The molecule has 0 radical (unpaired) electrons. The lowest BCUT2D eigenvalue weighted by atomic mass is 10.0. The molecule has 0 amide bonds. The van der Waals surface area contributed by atoms with E-state index in [2.05, 4.69) is 28.4 Å². The Morgan fingerprint density at radius 2 is 2.15 bits per heavy atom. The van der Waals surface area contributed by atoms with E-state index >= 15 is 0 Å². The van der Waals surface area contributed by atoms with Crippen LogP contribution in [-0.4, -0.2) is 21.8 Å². The van der Waals surface area contributed by atoms with Gasteiger partial charge in [0, 0.05) is 31.4 Å². The fraction of sp³-hybridized carbons (Fsp3) is 0.467. The van der Waals surface area contributed by atoms with Gasteiger partial charge in [-0.15, -0.1) is 0 Å². The molecule has 1 atom stereocenters. The Morgan fingerprint density at radius 1 is 1.40 bits per heavy atom. The summed E-state index contributed by atoms with van der Waals surface area (Å²) < 4.78 is 1.88. The zero-order valence-electron chi connectivity index (χ0n) is 12.4. The van der Waals surface area contributed by atoms with Crippen LogP contribution in [0.1, 0.15) is 35.6 Å². The molecule has 0 bridgehead atoms. The fourth-order valence-corrected chi connectivity index (χ4v) is 2.68. The van der Waals surface area contributed by atoms with Crippen molar-refractivity contribution in [2.24, 2.45) is 7.05 Å². The highest BCUT2D eigenvalue weighted by atomic mass is 35.5. The third-order valence-corrected chi connectivity index (χ3v) is 4.02. The summed E-state index contributed by atoms with van der Waals surface area (Å²) in [5, 5.41) is 8.58. The second-order valence-corrected chi connectivity index (χ2v) is 5.34. The largest absolute Gasteiger partial charge is 0.313 e. The first kappa shape index (κ1) is 15.0. The number of hydrogen-bond donors (Lipinski definition) is 1. The second kappa shape index (κ2) is 6.37. The summed E-state index contributed by atoms with van der Waals surface area (Å²) in [5.74, 6) is 0. The predicted molar refractivity (Wildman–Crippen MR) is 82.1 cm³/mol. The van der Waals surface area contributed by atoms with Gasteiger partial charge in [0.1, 0.15) is 0 Å². The monoisotopic (exact) mass is 292 g/mol. The number of nitrogens with zero attached hydrogens (tertiary/aromatic N) is 3. The van der Waals surface area contributed by atoms with E-state index in [0.29, 0.717) is 0 Å². The molecule has 4 nitrogen and oxygen atoms in total. The zero-order chi connectivity index (χ0) is 14.7. The van der Waals surface area contributed by atoms with Gasteiger partial charge in [-0.1, -0.05) is 24.6 Å². The molecule has 2 aromatic rings. The third-order valence-electron chi connectivity index (χ3n) is 3.59. The van der Waals surface area contributed by atoms with Gasteiger partial charge < -0.3 is 5.32 Å². The van der Waals surface area contributed by atoms with Crippen LogP contribution >= 0.6 is 11.6 Å². The molecule has 0 aliphatic rings. The first-order valence-electron chi connectivity index (χ1n) is 6.86. The van der Waals surface area contributed by atoms with Gasteiger partial charge in [-0.05, 0) is 32.0 Å². The van der Waals surface area contributed by atoms with Crippen LogP contribution in [0.15, 0.2) is 18.3 Å². The van der Waals surface area contributed by atoms with E-state index < -0.39 is 0 Å². The van der Waals surface area contributed by atoms with Crippen molar-refractivity contribution >= 4 is 11.6 Å². The predicted octanol–water partition coefficient (Wildman–Crippen LogP) is 2.84. The third kappa shape index (κ3) is 3.02. The molecule has 5 heteroatoms. The highest BCUT2D eigenvalue weighted by Gasteiger charge is 2.18. The smallest absolute Gasteiger partial charge is 0.0850 e. The molecule has 0 aromatic carbocycles. The molecule has 0 saturated heterocycles. The van der Waals surface area contributed by atoms with Crippen molar-refractivity contribution in [1.29, 1.82) is 0 Å². The van der Waals surface area contributed by atoms with Crippen LogP contribution in [0.5, 0.6) is 0 Å². The van der Waals surface area contributed by atoms with E-state index in [1.54, 1.807) is 0 Å². The molecule has 2 aromatic heterocycles. The maximum Gasteiger partial charge on any atom is 0.0850 e. The van der Waals surface area contributed by atoms with Crippen molar-refractivity contribution in [3.63, 3.8) is 0 Å². The van der Waals surface area contributed by atoms with Crippen LogP contribution in [0.25, 0.3) is 0 Å². The molecule has 0 spiro atoms. The normalized spacial score (nSPS) is 12.7. The van der Waals surface area contributed by atoms with Gasteiger partial charge in [0.15, 0.2) is 0 Å². The van der Waals surface area contributed by atoms with Crippen molar-refractivity contribution in [2.45, 2.75) is 32.7 Å². The summed E-state index contributed by atoms with van der Waals surface area (Å²) >= 11 is 6.42. The van der Waals surface area contributed by atoms with E-state index in [-0.39, 0.29) is 6.04 Å². The SMILES string of the molecule is CCc1nn(C)c(CC(NC)c2ccc(C)nc2)c1Cl. The maximum absolute atomic E-state index is 6.42. The Morgan fingerprint density at radius 3 is 2.65 bits per heavy atom. The van der Waals surface area contributed by atoms with Crippen LogP contribution < -0.4 is 5.32 Å². The van der Waals surface area contributed by atoms with Crippen LogP contribution in [0.4, 0.5) is 0 Å². The first-order valence-corrected chi connectivity index (χ1v) is 7.24. The first-order chi connectivity index (χ1) is 9.56. The van der Waals surface area contributed by atoms with Crippen molar-refractivity contribution in [2.75, 3.05) is 7.05 Å².